The number of aromatic nitrogens is 3. The van der Waals surface area contributed by atoms with Gasteiger partial charge >= 0.3 is 5.97 Å². The standard InChI is InChI=1S/C16H12FN3O2S/c17-13-9-5-4-8-12(13)14(15(21)22)23-16-18-10-20(19-16)11-6-2-1-3-7-11/h1-10,14H,(H,21,22). The maximum absolute atomic E-state index is 13.9. The molecule has 5 nitrogen and oxygen atoms in total. The van der Waals surface area contributed by atoms with Crippen molar-refractivity contribution in [2.75, 3.05) is 0 Å². The molecule has 0 fully saturated rings. The molecule has 3 aromatic rings. The molecule has 0 amide bonds. The summed E-state index contributed by atoms with van der Waals surface area (Å²) in [7, 11) is 0. The molecular formula is C16H12FN3O2S. The van der Waals surface area contributed by atoms with Crippen molar-refractivity contribution in [1.29, 1.82) is 0 Å². The number of carboxylic acids is 1. The van der Waals surface area contributed by atoms with Crippen molar-refractivity contribution in [3.63, 3.8) is 0 Å². The molecule has 1 atom stereocenters. The van der Waals surface area contributed by atoms with Crippen LogP contribution in [0.2, 0.25) is 0 Å². The first kappa shape index (κ1) is 15.2. The normalized spacial score (nSPS) is 12.0. The molecule has 3 rings (SSSR count). The molecule has 1 aromatic heterocycles. The second-order valence-corrected chi connectivity index (χ2v) is 5.74. The third-order valence-corrected chi connectivity index (χ3v) is 4.22. The van der Waals surface area contributed by atoms with Crippen LogP contribution in [0.4, 0.5) is 4.39 Å². The molecule has 0 spiro atoms. The molecule has 0 saturated carbocycles. The van der Waals surface area contributed by atoms with Gasteiger partial charge in [-0.3, -0.25) is 4.79 Å². The van der Waals surface area contributed by atoms with Crippen molar-refractivity contribution < 1.29 is 14.3 Å². The maximum atomic E-state index is 13.9. The Kier molecular flexibility index (Phi) is 4.38. The number of nitrogens with zero attached hydrogens (tertiary/aromatic N) is 3. The Balaban J connectivity index is 1.86. The highest BCUT2D eigenvalue weighted by Gasteiger charge is 2.26. The summed E-state index contributed by atoms with van der Waals surface area (Å²) >= 11 is 0.897. The Morgan fingerprint density at radius 3 is 2.52 bits per heavy atom. The SMILES string of the molecule is O=C(O)C(Sc1ncn(-c2ccccc2)n1)c1ccccc1F. The van der Waals surface area contributed by atoms with E-state index in [4.69, 9.17) is 0 Å². The fourth-order valence-corrected chi connectivity index (χ4v) is 2.92. The number of benzene rings is 2. The smallest absolute Gasteiger partial charge is 0.321 e. The number of hydrogen-bond donors (Lipinski definition) is 1. The van der Waals surface area contributed by atoms with Gasteiger partial charge in [0.25, 0.3) is 0 Å². The zero-order chi connectivity index (χ0) is 16.2. The molecule has 1 heterocycles. The van der Waals surface area contributed by atoms with Gasteiger partial charge in [0.05, 0.1) is 5.69 Å². The number of rotatable bonds is 5. The number of aliphatic carboxylic acids is 1. The van der Waals surface area contributed by atoms with E-state index in [9.17, 15) is 14.3 Å². The molecule has 1 unspecified atom stereocenters. The summed E-state index contributed by atoms with van der Waals surface area (Å²) in [6, 6.07) is 15.1. The van der Waals surface area contributed by atoms with Gasteiger partial charge in [-0.1, -0.05) is 48.2 Å². The van der Waals surface area contributed by atoms with Crippen molar-refractivity contribution in [2.45, 2.75) is 10.4 Å². The average molecular weight is 329 g/mol. The summed E-state index contributed by atoms with van der Waals surface area (Å²) in [5, 5.41) is 12.8. The second kappa shape index (κ2) is 6.62. The number of halogens is 1. The summed E-state index contributed by atoms with van der Waals surface area (Å²) in [4.78, 5) is 15.6. The van der Waals surface area contributed by atoms with Crippen LogP contribution in [-0.4, -0.2) is 25.8 Å². The topological polar surface area (TPSA) is 68.0 Å². The van der Waals surface area contributed by atoms with E-state index in [-0.39, 0.29) is 10.7 Å². The van der Waals surface area contributed by atoms with Crippen molar-refractivity contribution in [2.24, 2.45) is 0 Å². The quantitative estimate of drug-likeness (QED) is 0.727. The number of para-hydroxylation sites is 1. The van der Waals surface area contributed by atoms with Crippen LogP contribution in [0.1, 0.15) is 10.8 Å². The Labute approximate surface area is 135 Å². The molecule has 0 radical (unpaired) electrons. The molecule has 1 N–H and O–H groups in total. The summed E-state index contributed by atoms with van der Waals surface area (Å²) in [5.41, 5.74) is 0.908. The van der Waals surface area contributed by atoms with Crippen LogP contribution in [-0.2, 0) is 4.79 Å². The minimum atomic E-state index is -1.14. The number of thioether (sulfide) groups is 1. The van der Waals surface area contributed by atoms with E-state index in [1.165, 1.54) is 24.5 Å². The zero-order valence-electron chi connectivity index (χ0n) is 11.8. The van der Waals surface area contributed by atoms with Gasteiger partial charge in [-0.05, 0) is 18.2 Å². The lowest BCUT2D eigenvalue weighted by Crippen LogP contribution is -2.10. The van der Waals surface area contributed by atoms with E-state index in [2.05, 4.69) is 10.1 Å². The van der Waals surface area contributed by atoms with Crippen molar-refractivity contribution in [3.05, 3.63) is 72.3 Å². The third kappa shape index (κ3) is 3.40. The van der Waals surface area contributed by atoms with Crippen LogP contribution in [0.5, 0.6) is 0 Å². The van der Waals surface area contributed by atoms with E-state index in [1.807, 2.05) is 30.3 Å². The molecule has 116 valence electrons. The van der Waals surface area contributed by atoms with Gasteiger partial charge in [-0.15, -0.1) is 5.10 Å². The van der Waals surface area contributed by atoms with Crippen LogP contribution in [0.15, 0.2) is 66.1 Å². The molecule has 0 bridgehead atoms. The molecule has 7 heteroatoms. The van der Waals surface area contributed by atoms with E-state index in [0.29, 0.717) is 0 Å². The van der Waals surface area contributed by atoms with Gasteiger partial charge in [-0.2, -0.15) is 0 Å². The van der Waals surface area contributed by atoms with Gasteiger partial charge in [-0.25, -0.2) is 14.1 Å². The predicted octanol–water partition coefficient (Wildman–Crippen LogP) is 3.32. The number of carbonyl (C=O) groups is 1. The average Bonchev–Trinajstić information content (AvgIpc) is 3.03. The van der Waals surface area contributed by atoms with Crippen molar-refractivity contribution in [1.82, 2.24) is 14.8 Å². The molecule has 23 heavy (non-hydrogen) atoms. The van der Waals surface area contributed by atoms with Gasteiger partial charge in [0, 0.05) is 5.56 Å². The Morgan fingerprint density at radius 2 is 1.83 bits per heavy atom. The summed E-state index contributed by atoms with van der Waals surface area (Å²) < 4.78 is 15.4. The minimum absolute atomic E-state index is 0.0982. The maximum Gasteiger partial charge on any atom is 0.321 e. The molecule has 0 aliphatic carbocycles. The van der Waals surface area contributed by atoms with Crippen LogP contribution in [0.3, 0.4) is 0 Å². The van der Waals surface area contributed by atoms with Gasteiger partial charge in [0.1, 0.15) is 17.4 Å². The van der Waals surface area contributed by atoms with Crippen LogP contribution < -0.4 is 0 Å². The first-order valence-electron chi connectivity index (χ1n) is 6.76. The van der Waals surface area contributed by atoms with Crippen LogP contribution in [0.25, 0.3) is 5.69 Å². The summed E-state index contributed by atoms with van der Waals surface area (Å²) in [6.45, 7) is 0. The highest BCUT2D eigenvalue weighted by Crippen LogP contribution is 2.34. The monoisotopic (exact) mass is 329 g/mol. The lowest BCUT2D eigenvalue weighted by molar-refractivity contribution is -0.136. The lowest BCUT2D eigenvalue weighted by Gasteiger charge is -2.10. The molecule has 0 aliphatic rings. The van der Waals surface area contributed by atoms with Crippen LogP contribution >= 0.6 is 11.8 Å². The summed E-state index contributed by atoms with van der Waals surface area (Å²) in [6.07, 6.45) is 1.50. The zero-order valence-corrected chi connectivity index (χ0v) is 12.7. The second-order valence-electron chi connectivity index (χ2n) is 4.66. The Hall–Kier alpha value is -2.67. The first-order chi connectivity index (χ1) is 11.1. The molecule has 0 aliphatic heterocycles. The van der Waals surface area contributed by atoms with E-state index >= 15 is 0 Å². The first-order valence-corrected chi connectivity index (χ1v) is 7.64. The van der Waals surface area contributed by atoms with E-state index < -0.39 is 17.0 Å². The minimum Gasteiger partial charge on any atom is -0.480 e. The number of carboxylic acid groups (broad SMARTS) is 1. The van der Waals surface area contributed by atoms with E-state index in [0.717, 1.165) is 17.4 Å². The number of hydrogen-bond acceptors (Lipinski definition) is 4. The van der Waals surface area contributed by atoms with Gasteiger partial charge < -0.3 is 5.11 Å². The lowest BCUT2D eigenvalue weighted by atomic mass is 10.1. The molecule has 2 aromatic carbocycles. The van der Waals surface area contributed by atoms with Crippen LogP contribution in [0, 0.1) is 5.82 Å². The predicted molar refractivity (Wildman–Crippen MR) is 84.0 cm³/mol. The molecule has 0 saturated heterocycles. The van der Waals surface area contributed by atoms with Crippen molar-refractivity contribution in [3.8, 4) is 5.69 Å². The largest absolute Gasteiger partial charge is 0.480 e. The Bertz CT molecular complexity index is 823. The van der Waals surface area contributed by atoms with Gasteiger partial charge in [0.2, 0.25) is 5.16 Å². The van der Waals surface area contributed by atoms with Gasteiger partial charge in [0.15, 0.2) is 0 Å². The third-order valence-electron chi connectivity index (χ3n) is 3.13. The van der Waals surface area contributed by atoms with Crippen molar-refractivity contribution >= 4 is 17.7 Å². The summed E-state index contributed by atoms with van der Waals surface area (Å²) in [5.74, 6) is -1.70. The molecular weight excluding hydrogens is 317 g/mol. The fraction of sp³-hybridized carbons (Fsp3) is 0.0625. The fourth-order valence-electron chi connectivity index (χ4n) is 2.05. The van der Waals surface area contributed by atoms with E-state index in [1.54, 1.807) is 10.7 Å². The Morgan fingerprint density at radius 1 is 1.13 bits per heavy atom. The highest BCUT2D eigenvalue weighted by atomic mass is 32.2. The highest BCUT2D eigenvalue weighted by molar-refractivity contribution is 8.00.